The number of hydrogen-bond donors (Lipinski definition) is 0. The number of hydrogen-bond acceptors (Lipinski definition) is 2. The van der Waals surface area contributed by atoms with Gasteiger partial charge < -0.3 is 9.64 Å². The second-order valence-corrected chi connectivity index (χ2v) is 6.29. The lowest BCUT2D eigenvalue weighted by Gasteiger charge is -2.31. The van der Waals surface area contributed by atoms with Gasteiger partial charge in [0.15, 0.2) is 0 Å². The smallest absolute Gasteiger partial charge is 0.410 e. The molecule has 1 aliphatic rings. The highest BCUT2D eigenvalue weighted by Gasteiger charge is 2.24. The molecular weight excluding hydrogens is 270 g/mol. The predicted molar refractivity (Wildman–Crippen MR) is 68.7 cm³/mol. The monoisotopic (exact) mass is 289 g/mol. The van der Waals surface area contributed by atoms with Crippen molar-refractivity contribution in [2.45, 2.75) is 46.1 Å². The van der Waals surface area contributed by atoms with E-state index in [0.29, 0.717) is 0 Å². The van der Waals surface area contributed by atoms with Gasteiger partial charge in [-0.1, -0.05) is 21.5 Å². The topological polar surface area (TPSA) is 29.5 Å². The first-order valence-electron chi connectivity index (χ1n) is 5.61. The maximum Gasteiger partial charge on any atom is 0.410 e. The minimum Gasteiger partial charge on any atom is -0.444 e. The lowest BCUT2D eigenvalue weighted by atomic mass is 10.0. The highest BCUT2D eigenvalue weighted by molar-refractivity contribution is 9.11. The third kappa shape index (κ3) is 4.16. The first-order valence-corrected chi connectivity index (χ1v) is 6.41. The van der Waals surface area contributed by atoms with Crippen molar-refractivity contribution < 1.29 is 9.53 Å². The van der Waals surface area contributed by atoms with E-state index in [0.717, 1.165) is 25.9 Å². The number of amides is 1. The van der Waals surface area contributed by atoms with Crippen molar-refractivity contribution in [1.29, 1.82) is 0 Å². The molecule has 0 atom stereocenters. The molecule has 16 heavy (non-hydrogen) atoms. The van der Waals surface area contributed by atoms with Gasteiger partial charge in [0, 0.05) is 13.1 Å². The molecule has 4 heteroatoms. The number of carbonyl (C=O) groups excluding carboxylic acids is 1. The van der Waals surface area contributed by atoms with E-state index in [2.05, 4.69) is 22.9 Å². The van der Waals surface area contributed by atoms with Crippen molar-refractivity contribution in [2.24, 2.45) is 0 Å². The number of piperidine rings is 1. The lowest BCUT2D eigenvalue weighted by molar-refractivity contribution is 0.0236. The molecule has 0 aromatic heterocycles. The Hall–Kier alpha value is -0.510. The molecule has 3 nitrogen and oxygen atoms in total. The van der Waals surface area contributed by atoms with E-state index < -0.39 is 5.60 Å². The quantitative estimate of drug-likeness (QED) is 0.681. The molecule has 0 N–H and O–H groups in total. The van der Waals surface area contributed by atoms with Crippen LogP contribution >= 0.6 is 15.9 Å². The summed E-state index contributed by atoms with van der Waals surface area (Å²) in [4.78, 5) is 13.5. The minimum absolute atomic E-state index is 0.196. The fraction of sp³-hybridized carbons (Fsp3) is 0.750. The van der Waals surface area contributed by atoms with Crippen LogP contribution in [0.25, 0.3) is 0 Å². The lowest BCUT2D eigenvalue weighted by Crippen LogP contribution is -2.40. The number of carbonyl (C=O) groups is 1. The fourth-order valence-corrected chi connectivity index (χ4v) is 2.03. The zero-order valence-corrected chi connectivity index (χ0v) is 12.1. The standard InChI is InChI=1S/C12H20BrNO2/c1-9(13)10-5-7-14(8-6-10)11(15)16-12(2,3)4/h5-8H2,1-4H3. The molecule has 0 aromatic carbocycles. The zero-order chi connectivity index (χ0) is 12.3. The van der Waals surface area contributed by atoms with Crippen LogP contribution < -0.4 is 0 Å². The van der Waals surface area contributed by atoms with Crippen LogP contribution in [-0.2, 0) is 4.74 Å². The number of ether oxygens (including phenoxy) is 1. The molecule has 1 rings (SSSR count). The molecule has 1 heterocycles. The molecule has 0 radical (unpaired) electrons. The molecule has 0 bridgehead atoms. The van der Waals surface area contributed by atoms with E-state index in [-0.39, 0.29) is 6.09 Å². The molecule has 1 fully saturated rings. The van der Waals surface area contributed by atoms with Crippen molar-refractivity contribution in [3.63, 3.8) is 0 Å². The third-order valence-corrected chi connectivity index (χ3v) is 3.07. The zero-order valence-electron chi connectivity index (χ0n) is 10.5. The molecular formula is C12H20BrNO2. The Morgan fingerprint density at radius 3 is 2.19 bits per heavy atom. The van der Waals surface area contributed by atoms with Gasteiger partial charge >= 0.3 is 6.09 Å². The van der Waals surface area contributed by atoms with Gasteiger partial charge in [-0.3, -0.25) is 0 Å². The Kier molecular flexibility index (Phi) is 4.42. The van der Waals surface area contributed by atoms with Crippen LogP contribution in [0.4, 0.5) is 4.79 Å². The van der Waals surface area contributed by atoms with Gasteiger partial charge in [0.1, 0.15) is 5.60 Å². The van der Waals surface area contributed by atoms with Gasteiger partial charge in [-0.15, -0.1) is 0 Å². The molecule has 92 valence electrons. The Morgan fingerprint density at radius 2 is 1.81 bits per heavy atom. The summed E-state index contributed by atoms with van der Waals surface area (Å²) in [5.74, 6) is 0. The van der Waals surface area contributed by atoms with E-state index in [1.807, 2.05) is 20.8 Å². The number of nitrogens with zero attached hydrogens (tertiary/aromatic N) is 1. The summed E-state index contributed by atoms with van der Waals surface area (Å²) in [7, 11) is 0. The van der Waals surface area contributed by atoms with Crippen LogP contribution in [0.5, 0.6) is 0 Å². The van der Waals surface area contributed by atoms with Crippen molar-refractivity contribution in [3.8, 4) is 0 Å². The van der Waals surface area contributed by atoms with Gasteiger partial charge in [-0.2, -0.15) is 0 Å². The molecule has 0 aromatic rings. The van der Waals surface area contributed by atoms with Gasteiger partial charge in [-0.05, 0) is 45.0 Å². The van der Waals surface area contributed by atoms with Crippen molar-refractivity contribution >= 4 is 22.0 Å². The summed E-state index contributed by atoms with van der Waals surface area (Å²) in [5.41, 5.74) is 0.998. The highest BCUT2D eigenvalue weighted by atomic mass is 79.9. The number of allylic oxidation sites excluding steroid dienone is 1. The largest absolute Gasteiger partial charge is 0.444 e. The molecule has 1 saturated heterocycles. The second-order valence-electron chi connectivity index (χ2n) is 5.10. The summed E-state index contributed by atoms with van der Waals surface area (Å²) in [6, 6.07) is 0. The molecule has 0 unspecified atom stereocenters. The van der Waals surface area contributed by atoms with E-state index in [9.17, 15) is 4.79 Å². The van der Waals surface area contributed by atoms with Crippen molar-refractivity contribution in [1.82, 2.24) is 4.90 Å². The van der Waals surface area contributed by atoms with Gasteiger partial charge in [0.25, 0.3) is 0 Å². The Balaban J connectivity index is 2.49. The molecule has 0 aliphatic carbocycles. The summed E-state index contributed by atoms with van der Waals surface area (Å²) in [6.07, 6.45) is 1.69. The average Bonchev–Trinajstić information content (AvgIpc) is 2.15. The van der Waals surface area contributed by atoms with Crippen LogP contribution in [0.3, 0.4) is 0 Å². The first kappa shape index (κ1) is 13.6. The van der Waals surface area contributed by atoms with Gasteiger partial charge in [-0.25, -0.2) is 4.79 Å². The first-order chi connectivity index (χ1) is 7.29. The molecule has 0 spiro atoms. The maximum atomic E-state index is 11.8. The maximum absolute atomic E-state index is 11.8. The van der Waals surface area contributed by atoms with Crippen molar-refractivity contribution in [3.05, 3.63) is 10.1 Å². The number of rotatable bonds is 0. The average molecular weight is 290 g/mol. The summed E-state index contributed by atoms with van der Waals surface area (Å²) < 4.78 is 6.54. The molecule has 1 amide bonds. The number of likely N-dealkylation sites (tertiary alicyclic amines) is 1. The van der Waals surface area contributed by atoms with E-state index in [1.54, 1.807) is 4.90 Å². The van der Waals surface area contributed by atoms with Gasteiger partial charge in [0.2, 0.25) is 0 Å². The molecule has 1 aliphatic heterocycles. The second kappa shape index (κ2) is 5.21. The van der Waals surface area contributed by atoms with E-state index in [4.69, 9.17) is 4.74 Å². The van der Waals surface area contributed by atoms with Gasteiger partial charge in [0.05, 0.1) is 0 Å². The van der Waals surface area contributed by atoms with Crippen LogP contribution in [0, 0.1) is 0 Å². The predicted octanol–water partition coefficient (Wildman–Crippen LogP) is 3.69. The van der Waals surface area contributed by atoms with Crippen LogP contribution in [-0.4, -0.2) is 29.7 Å². The van der Waals surface area contributed by atoms with Crippen LogP contribution in [0.15, 0.2) is 10.1 Å². The van der Waals surface area contributed by atoms with E-state index in [1.165, 1.54) is 10.1 Å². The molecule has 0 saturated carbocycles. The Labute approximate surface area is 106 Å². The van der Waals surface area contributed by atoms with Crippen molar-refractivity contribution in [2.75, 3.05) is 13.1 Å². The minimum atomic E-state index is -0.404. The van der Waals surface area contributed by atoms with Crippen LogP contribution in [0.2, 0.25) is 0 Å². The van der Waals surface area contributed by atoms with Crippen LogP contribution in [0.1, 0.15) is 40.5 Å². The Morgan fingerprint density at radius 1 is 1.31 bits per heavy atom. The SMILES string of the molecule is CC(Br)=C1CCN(C(=O)OC(C)(C)C)CC1. The summed E-state index contributed by atoms with van der Waals surface area (Å²) in [6.45, 7) is 9.24. The Bertz CT molecular complexity index is 291. The fourth-order valence-electron chi connectivity index (χ4n) is 1.63. The number of halogens is 1. The summed E-state index contributed by atoms with van der Waals surface area (Å²) in [5, 5.41) is 0. The highest BCUT2D eigenvalue weighted by Crippen LogP contribution is 2.24. The summed E-state index contributed by atoms with van der Waals surface area (Å²) >= 11 is 3.49. The third-order valence-electron chi connectivity index (χ3n) is 2.51. The normalized spacial score (nSPS) is 17.3. The van der Waals surface area contributed by atoms with E-state index >= 15 is 0 Å².